The van der Waals surface area contributed by atoms with Gasteiger partial charge in [-0.15, -0.1) is 11.3 Å². The number of hydrogen-bond donors (Lipinski definition) is 0. The van der Waals surface area contributed by atoms with E-state index in [2.05, 4.69) is 388 Å². The highest BCUT2D eigenvalue weighted by molar-refractivity contribution is 7.25. The molecule has 0 N–H and O–H groups in total. The smallest absolute Gasteiger partial charge is 0.135 e. The minimum Gasteiger partial charge on any atom is -0.456 e. The van der Waals surface area contributed by atoms with Crippen LogP contribution in [0.4, 0.5) is 34.1 Å². The fourth-order valence-electron chi connectivity index (χ4n) is 18.5. The first-order chi connectivity index (χ1) is 57.7. The van der Waals surface area contributed by atoms with Gasteiger partial charge in [0.25, 0.3) is 0 Å². The molecule has 0 saturated heterocycles. The van der Waals surface area contributed by atoms with Crippen LogP contribution in [0.15, 0.2) is 414 Å². The minimum absolute atomic E-state index is 0.0433. The highest BCUT2D eigenvalue weighted by Gasteiger charge is 2.35. The molecule has 23 aromatic rings. The van der Waals surface area contributed by atoms with E-state index in [1.165, 1.54) is 97.0 Å². The van der Waals surface area contributed by atoms with Crippen molar-refractivity contribution in [3.8, 4) is 66.8 Å². The van der Waals surface area contributed by atoms with Crippen LogP contribution in [-0.4, -0.2) is 0 Å². The lowest BCUT2D eigenvalue weighted by atomic mass is 9.81. The topological polar surface area (TPSA) is 45.9 Å². The van der Waals surface area contributed by atoms with Crippen molar-refractivity contribution < 1.29 is 13.3 Å². The molecule has 6 heteroatoms. The molecule has 0 spiro atoms. The Labute approximate surface area is 679 Å². The van der Waals surface area contributed by atoms with E-state index >= 15 is 0 Å². The Balaban J connectivity index is 0.000000138. The summed E-state index contributed by atoms with van der Waals surface area (Å²) < 4.78 is 21.0. The number of nitrogens with zero attached hydrogens (tertiary/aromatic N) is 2. The molecule has 0 bridgehead atoms. The summed E-state index contributed by atoms with van der Waals surface area (Å²) in [7, 11) is 0. The number of benzene rings is 19. The maximum absolute atomic E-state index is 6.13. The van der Waals surface area contributed by atoms with Gasteiger partial charge in [0.05, 0.1) is 0 Å². The van der Waals surface area contributed by atoms with Crippen LogP contribution in [-0.2, 0) is 5.41 Å². The summed E-state index contributed by atoms with van der Waals surface area (Å²) in [6.45, 7) is 4.69. The average Bonchev–Trinajstić information content (AvgIpc) is 1.22. The van der Waals surface area contributed by atoms with Gasteiger partial charge in [0.1, 0.15) is 33.5 Å². The summed E-state index contributed by atoms with van der Waals surface area (Å²) in [4.78, 5) is 4.73. The minimum atomic E-state index is -0.0433. The molecule has 0 atom stereocenters. The predicted molar refractivity (Wildman–Crippen MR) is 494 cm³/mol. The maximum atomic E-state index is 6.13. The number of fused-ring (bicyclic) bond motifs is 21. The van der Waals surface area contributed by atoms with E-state index in [0.29, 0.717) is 0 Å². The van der Waals surface area contributed by atoms with E-state index in [9.17, 15) is 0 Å². The molecule has 117 heavy (non-hydrogen) atoms. The summed E-state index contributed by atoms with van der Waals surface area (Å²) in [5.41, 5.74) is 29.3. The molecule has 1 aliphatic rings. The Morgan fingerprint density at radius 2 is 0.479 bits per heavy atom. The van der Waals surface area contributed by atoms with Crippen molar-refractivity contribution >= 4 is 164 Å². The highest BCUT2D eigenvalue weighted by atomic mass is 32.1. The number of furan rings is 3. The second-order valence-electron chi connectivity index (χ2n) is 31.4. The van der Waals surface area contributed by atoms with Gasteiger partial charge in [0.15, 0.2) is 0 Å². The van der Waals surface area contributed by atoms with Gasteiger partial charge in [-0.3, -0.25) is 0 Å². The fraction of sp³-hybridized carbons (Fsp3) is 0.0270. The lowest BCUT2D eigenvalue weighted by Crippen LogP contribution is -2.14. The van der Waals surface area contributed by atoms with Crippen LogP contribution in [0.25, 0.3) is 185 Å². The maximum Gasteiger partial charge on any atom is 0.135 e. The van der Waals surface area contributed by atoms with Gasteiger partial charge in [0, 0.05) is 92.0 Å². The van der Waals surface area contributed by atoms with Crippen molar-refractivity contribution in [2.75, 3.05) is 9.80 Å². The fourth-order valence-corrected chi connectivity index (χ4v) is 19.5. The Kier molecular flexibility index (Phi) is 15.8. The number of hydrogen-bond acceptors (Lipinski definition) is 6. The molecule has 5 nitrogen and oxygen atoms in total. The number of anilines is 6. The van der Waals surface area contributed by atoms with E-state index in [-0.39, 0.29) is 5.41 Å². The molecule has 4 aromatic heterocycles. The summed E-state index contributed by atoms with van der Waals surface area (Å²) in [5.74, 6) is 0. The normalized spacial score (nSPS) is 12.4. The zero-order valence-electron chi connectivity index (χ0n) is 64.1. The number of rotatable bonds is 11. The van der Waals surface area contributed by atoms with Crippen LogP contribution >= 0.6 is 11.3 Å². The van der Waals surface area contributed by atoms with Gasteiger partial charge in [-0.1, -0.05) is 263 Å². The zero-order valence-corrected chi connectivity index (χ0v) is 64.9. The van der Waals surface area contributed by atoms with Crippen LogP contribution in [0.1, 0.15) is 25.0 Å². The van der Waals surface area contributed by atoms with Crippen LogP contribution < -0.4 is 9.80 Å². The largest absolute Gasteiger partial charge is 0.456 e. The molecular formula is C111H72N2O3S. The monoisotopic (exact) mass is 1510 g/mol. The molecule has 0 saturated carbocycles. The third-order valence-electron chi connectivity index (χ3n) is 24.4. The van der Waals surface area contributed by atoms with Gasteiger partial charge in [-0.25, -0.2) is 0 Å². The van der Waals surface area contributed by atoms with Gasteiger partial charge in [-0.05, 0) is 262 Å². The summed E-state index contributed by atoms with van der Waals surface area (Å²) in [5, 5.41) is 17.0. The van der Waals surface area contributed by atoms with Crippen molar-refractivity contribution in [1.29, 1.82) is 0 Å². The van der Waals surface area contributed by atoms with Gasteiger partial charge < -0.3 is 23.1 Å². The second kappa shape index (κ2) is 27.2. The van der Waals surface area contributed by atoms with Crippen LogP contribution in [0.3, 0.4) is 0 Å². The zero-order chi connectivity index (χ0) is 77.4. The molecular weight excluding hydrogens is 1440 g/mol. The average molecular weight is 1510 g/mol. The van der Waals surface area contributed by atoms with Crippen molar-refractivity contribution in [3.05, 3.63) is 412 Å². The summed E-state index contributed by atoms with van der Waals surface area (Å²) >= 11 is 1.86. The molecule has 4 heterocycles. The van der Waals surface area contributed by atoms with Crippen molar-refractivity contribution in [2.24, 2.45) is 0 Å². The van der Waals surface area contributed by atoms with E-state index in [1.54, 1.807) is 0 Å². The van der Waals surface area contributed by atoms with E-state index in [0.717, 1.165) is 133 Å². The molecule has 550 valence electrons. The molecule has 0 amide bonds. The standard InChI is InChI=1S/C57H39NOS.C54H33NO2/c1-57(2)51-12-6-3-9-45(51)46-30-21-41(35-52(46)57)38-19-28-44(29-20-38)58(42-24-15-36(16-25-42)39-22-31-54-49(33-39)47-10-4-7-13-53(47)59-54)43-26-17-37(18-27-43)40-23-32-56-50(34-40)48-11-5-8-14-55(48)60-56;1-2-11-43-41(9-1)42-10-3-4-12-44(42)48-33-40(27-28-45(43)48)55(38-23-17-34(18-24-38)36-21-29-53-49(31-36)46-13-5-7-15-51(46)56-53)39-25-19-35(20-26-39)37-22-30-54-50(32-37)47-14-6-8-16-52(47)57-54/h3-35H,1-2H3;1-33H. The molecule has 0 unspecified atom stereocenters. The van der Waals surface area contributed by atoms with Gasteiger partial charge in [-0.2, -0.15) is 0 Å². The first-order valence-corrected chi connectivity index (χ1v) is 40.9. The molecule has 0 fully saturated rings. The van der Waals surface area contributed by atoms with Crippen molar-refractivity contribution in [2.45, 2.75) is 19.3 Å². The van der Waals surface area contributed by atoms with E-state index < -0.39 is 0 Å². The lowest BCUT2D eigenvalue weighted by Gasteiger charge is -2.26. The Morgan fingerprint density at radius 1 is 0.188 bits per heavy atom. The summed E-state index contributed by atoms with van der Waals surface area (Å²) in [6.07, 6.45) is 0. The Bertz CT molecular complexity index is 7550. The predicted octanol–water partition coefficient (Wildman–Crippen LogP) is 32.5. The van der Waals surface area contributed by atoms with Crippen molar-refractivity contribution in [3.63, 3.8) is 0 Å². The first-order valence-electron chi connectivity index (χ1n) is 40.1. The molecule has 19 aromatic carbocycles. The summed E-state index contributed by atoms with van der Waals surface area (Å²) in [6, 6.07) is 145. The molecule has 0 radical (unpaired) electrons. The number of para-hydroxylation sites is 3. The quantitative estimate of drug-likeness (QED) is 0.121. The van der Waals surface area contributed by atoms with Gasteiger partial charge in [0.2, 0.25) is 0 Å². The third-order valence-corrected chi connectivity index (χ3v) is 25.5. The Morgan fingerprint density at radius 3 is 0.923 bits per heavy atom. The molecule has 24 rings (SSSR count). The SMILES string of the molecule is CC1(C)c2ccccc2-c2ccc(-c3ccc(N(c4ccc(-c5ccc6oc7ccccc7c6c5)cc4)c4ccc(-c5ccc6sc7ccccc7c6c5)cc4)cc3)cc21.c1ccc2c(c1)oc1ccc(-c3ccc(N(c4ccc(-c5ccc6oc7ccccc7c6c5)cc4)c4ccc5c6ccccc6c6ccccc6c5c4)cc3)cc12. The van der Waals surface area contributed by atoms with Crippen LogP contribution in [0.5, 0.6) is 0 Å². The molecule has 1 aliphatic carbocycles. The van der Waals surface area contributed by atoms with Crippen LogP contribution in [0.2, 0.25) is 0 Å². The van der Waals surface area contributed by atoms with Gasteiger partial charge >= 0.3 is 0 Å². The number of thiophene rings is 1. The highest BCUT2D eigenvalue weighted by Crippen LogP contribution is 2.51. The Hall–Kier alpha value is -14.8. The van der Waals surface area contributed by atoms with Crippen LogP contribution in [0, 0.1) is 0 Å². The van der Waals surface area contributed by atoms with E-state index in [4.69, 9.17) is 13.3 Å². The van der Waals surface area contributed by atoms with E-state index in [1.807, 2.05) is 47.7 Å². The third kappa shape index (κ3) is 11.5. The van der Waals surface area contributed by atoms with Crippen molar-refractivity contribution in [1.82, 2.24) is 0 Å². The first kappa shape index (κ1) is 67.8. The molecule has 0 aliphatic heterocycles. The second-order valence-corrected chi connectivity index (χ2v) is 32.5. The lowest BCUT2D eigenvalue weighted by molar-refractivity contribution is 0.660.